The molecule has 68 valence electrons. The minimum Gasteiger partial charge on any atom is -0.0683 e. The zero-order chi connectivity index (χ0) is 8.69. The van der Waals surface area contributed by atoms with Crippen LogP contribution in [0.1, 0.15) is 59.8 Å². The zero-order valence-electron chi connectivity index (χ0n) is 8.69. The van der Waals surface area contributed by atoms with Gasteiger partial charge in [-0.15, -0.1) is 0 Å². The first-order valence-electron chi connectivity index (χ1n) is 5.33. The van der Waals surface area contributed by atoms with Gasteiger partial charge in [0.1, 0.15) is 0 Å². The van der Waals surface area contributed by atoms with Crippen molar-refractivity contribution in [2.45, 2.75) is 59.8 Å². The van der Waals surface area contributed by atoms with E-state index in [1.165, 1.54) is 32.1 Å². The van der Waals surface area contributed by atoms with Crippen molar-refractivity contribution in [2.75, 3.05) is 0 Å². The van der Waals surface area contributed by atoms with Gasteiger partial charge in [-0.1, -0.05) is 53.4 Å². The van der Waals surface area contributed by atoms with Gasteiger partial charge in [0.05, 0.1) is 0 Å². The SMILES string of the molecule is CC.CCC1CCCC(C)C1. The Morgan fingerprint density at radius 3 is 2.18 bits per heavy atom. The second-order valence-corrected chi connectivity index (χ2v) is 3.55. The maximum Gasteiger partial charge on any atom is -0.0414 e. The van der Waals surface area contributed by atoms with E-state index in [0.29, 0.717) is 0 Å². The van der Waals surface area contributed by atoms with Crippen molar-refractivity contribution < 1.29 is 0 Å². The van der Waals surface area contributed by atoms with E-state index in [1.54, 1.807) is 0 Å². The van der Waals surface area contributed by atoms with Crippen LogP contribution in [0.3, 0.4) is 0 Å². The van der Waals surface area contributed by atoms with Crippen LogP contribution in [0.15, 0.2) is 0 Å². The van der Waals surface area contributed by atoms with Crippen molar-refractivity contribution >= 4 is 0 Å². The summed E-state index contributed by atoms with van der Waals surface area (Å²) in [5, 5.41) is 0. The molecule has 0 amide bonds. The van der Waals surface area contributed by atoms with Crippen LogP contribution >= 0.6 is 0 Å². The fourth-order valence-corrected chi connectivity index (χ4v) is 1.93. The van der Waals surface area contributed by atoms with Gasteiger partial charge in [-0.05, 0) is 18.3 Å². The van der Waals surface area contributed by atoms with Gasteiger partial charge < -0.3 is 0 Å². The van der Waals surface area contributed by atoms with Gasteiger partial charge in [-0.2, -0.15) is 0 Å². The third-order valence-electron chi connectivity index (χ3n) is 2.62. The molecular formula is C11H24. The first-order valence-corrected chi connectivity index (χ1v) is 5.33. The van der Waals surface area contributed by atoms with Crippen molar-refractivity contribution in [3.8, 4) is 0 Å². The summed E-state index contributed by atoms with van der Waals surface area (Å²) in [4.78, 5) is 0. The molecule has 0 spiro atoms. The van der Waals surface area contributed by atoms with E-state index in [9.17, 15) is 0 Å². The van der Waals surface area contributed by atoms with Crippen LogP contribution < -0.4 is 0 Å². The van der Waals surface area contributed by atoms with Gasteiger partial charge >= 0.3 is 0 Å². The Hall–Kier alpha value is 0. The summed E-state index contributed by atoms with van der Waals surface area (Å²) in [6, 6.07) is 0. The number of rotatable bonds is 1. The Kier molecular flexibility index (Phi) is 6.69. The smallest absolute Gasteiger partial charge is 0.0414 e. The van der Waals surface area contributed by atoms with E-state index in [4.69, 9.17) is 0 Å². The highest BCUT2D eigenvalue weighted by molar-refractivity contribution is 4.68. The quantitative estimate of drug-likeness (QED) is 0.532. The molecule has 0 heterocycles. The Labute approximate surface area is 72.4 Å². The van der Waals surface area contributed by atoms with E-state index in [0.717, 1.165) is 11.8 Å². The molecule has 0 saturated heterocycles. The monoisotopic (exact) mass is 156 g/mol. The van der Waals surface area contributed by atoms with E-state index in [-0.39, 0.29) is 0 Å². The highest BCUT2D eigenvalue weighted by Gasteiger charge is 2.16. The van der Waals surface area contributed by atoms with E-state index < -0.39 is 0 Å². The summed E-state index contributed by atoms with van der Waals surface area (Å²) in [5.41, 5.74) is 0. The number of hydrogen-bond acceptors (Lipinski definition) is 0. The van der Waals surface area contributed by atoms with Gasteiger partial charge in [0.25, 0.3) is 0 Å². The standard InChI is InChI=1S/C9H18.C2H6/c1-3-9-6-4-5-8(2)7-9;1-2/h8-9H,3-7H2,1-2H3;1-2H3. The lowest BCUT2D eigenvalue weighted by Crippen LogP contribution is -2.11. The Morgan fingerprint density at radius 2 is 1.82 bits per heavy atom. The van der Waals surface area contributed by atoms with Crippen LogP contribution in [0.2, 0.25) is 0 Å². The molecule has 0 nitrogen and oxygen atoms in total. The minimum absolute atomic E-state index is 1.02. The molecule has 1 rings (SSSR count). The van der Waals surface area contributed by atoms with Gasteiger partial charge in [0.2, 0.25) is 0 Å². The topological polar surface area (TPSA) is 0 Å². The summed E-state index contributed by atoms with van der Waals surface area (Å²) in [6.07, 6.45) is 7.37. The van der Waals surface area contributed by atoms with Crippen molar-refractivity contribution in [2.24, 2.45) is 11.8 Å². The largest absolute Gasteiger partial charge is 0.0683 e. The maximum atomic E-state index is 2.39. The van der Waals surface area contributed by atoms with Crippen LogP contribution in [0, 0.1) is 11.8 Å². The molecule has 0 bridgehead atoms. The predicted octanol–water partition coefficient (Wildman–Crippen LogP) is 4.25. The second-order valence-electron chi connectivity index (χ2n) is 3.55. The van der Waals surface area contributed by atoms with Crippen molar-refractivity contribution in [3.05, 3.63) is 0 Å². The first kappa shape index (κ1) is 11.0. The summed E-state index contributed by atoms with van der Waals surface area (Å²) in [7, 11) is 0. The summed E-state index contributed by atoms with van der Waals surface area (Å²) in [6.45, 7) is 8.71. The lowest BCUT2D eigenvalue weighted by molar-refractivity contribution is 0.276. The molecule has 1 aliphatic carbocycles. The third kappa shape index (κ3) is 4.44. The molecule has 0 aromatic rings. The van der Waals surface area contributed by atoms with Crippen LogP contribution in [-0.2, 0) is 0 Å². The predicted molar refractivity (Wildman–Crippen MR) is 52.8 cm³/mol. The molecule has 0 aromatic carbocycles. The summed E-state index contributed by atoms with van der Waals surface area (Å²) < 4.78 is 0. The van der Waals surface area contributed by atoms with Gasteiger partial charge in [0, 0.05) is 0 Å². The molecule has 2 unspecified atom stereocenters. The van der Waals surface area contributed by atoms with Crippen LogP contribution in [0.5, 0.6) is 0 Å². The average molecular weight is 156 g/mol. The summed E-state index contributed by atoms with van der Waals surface area (Å²) in [5.74, 6) is 2.08. The van der Waals surface area contributed by atoms with Crippen molar-refractivity contribution in [1.29, 1.82) is 0 Å². The van der Waals surface area contributed by atoms with E-state index >= 15 is 0 Å². The van der Waals surface area contributed by atoms with Crippen LogP contribution in [0.25, 0.3) is 0 Å². The van der Waals surface area contributed by atoms with Gasteiger partial charge in [0.15, 0.2) is 0 Å². The fraction of sp³-hybridized carbons (Fsp3) is 1.00. The van der Waals surface area contributed by atoms with E-state index in [2.05, 4.69) is 13.8 Å². The van der Waals surface area contributed by atoms with Gasteiger partial charge in [-0.3, -0.25) is 0 Å². The van der Waals surface area contributed by atoms with Crippen LogP contribution in [-0.4, -0.2) is 0 Å². The minimum atomic E-state index is 1.02. The lowest BCUT2D eigenvalue weighted by Gasteiger charge is -2.25. The maximum absolute atomic E-state index is 2.39. The molecular weight excluding hydrogens is 132 g/mol. The fourth-order valence-electron chi connectivity index (χ4n) is 1.93. The molecule has 1 fully saturated rings. The molecule has 0 radical (unpaired) electrons. The van der Waals surface area contributed by atoms with Gasteiger partial charge in [-0.25, -0.2) is 0 Å². The second kappa shape index (κ2) is 6.69. The zero-order valence-corrected chi connectivity index (χ0v) is 8.69. The number of hydrogen-bond donors (Lipinski definition) is 0. The lowest BCUT2D eigenvalue weighted by atomic mass is 9.81. The highest BCUT2D eigenvalue weighted by Crippen LogP contribution is 2.29. The Balaban J connectivity index is 0.000000461. The molecule has 2 atom stereocenters. The van der Waals surface area contributed by atoms with Crippen molar-refractivity contribution in [3.63, 3.8) is 0 Å². The summed E-state index contributed by atoms with van der Waals surface area (Å²) >= 11 is 0. The molecule has 0 aliphatic heterocycles. The van der Waals surface area contributed by atoms with Crippen LogP contribution in [0.4, 0.5) is 0 Å². The molecule has 11 heavy (non-hydrogen) atoms. The molecule has 0 N–H and O–H groups in total. The molecule has 0 heteroatoms. The molecule has 1 aliphatic rings. The molecule has 0 aromatic heterocycles. The molecule has 1 saturated carbocycles. The highest BCUT2D eigenvalue weighted by atomic mass is 14.2. The third-order valence-corrected chi connectivity index (χ3v) is 2.62. The normalized spacial score (nSPS) is 30.5. The Morgan fingerprint density at radius 1 is 1.18 bits per heavy atom. The Bertz CT molecular complexity index is 76.1. The van der Waals surface area contributed by atoms with Crippen molar-refractivity contribution in [1.82, 2.24) is 0 Å². The average Bonchev–Trinajstić information content (AvgIpc) is 2.08. The van der Waals surface area contributed by atoms with E-state index in [1.807, 2.05) is 13.8 Å². The first-order chi connectivity index (χ1) is 5.33.